The van der Waals surface area contributed by atoms with E-state index in [1.54, 1.807) is 0 Å². The molecule has 0 heterocycles. The van der Waals surface area contributed by atoms with Crippen LogP contribution in [0.5, 0.6) is 0 Å². The first kappa shape index (κ1) is 7.46. The van der Waals surface area contributed by atoms with Crippen molar-refractivity contribution >= 4 is 45.2 Å². The summed E-state index contributed by atoms with van der Waals surface area (Å²) in [5.41, 5.74) is 0. The minimum absolute atomic E-state index is 0.892. The van der Waals surface area contributed by atoms with Crippen molar-refractivity contribution in [3.05, 3.63) is 0 Å². The van der Waals surface area contributed by atoms with Crippen molar-refractivity contribution in [3.8, 4) is 0 Å². The first-order valence-corrected chi connectivity index (χ1v) is 4.78. The lowest BCUT2D eigenvalue weighted by molar-refractivity contribution is 0.959. The molecular formula is C4H8I2. The summed E-state index contributed by atoms with van der Waals surface area (Å²) >= 11 is 4.87. The van der Waals surface area contributed by atoms with Crippen LogP contribution in [0.1, 0.15) is 13.3 Å². The zero-order chi connectivity index (χ0) is 4.99. The quantitative estimate of drug-likeness (QED) is 0.543. The van der Waals surface area contributed by atoms with E-state index in [0.717, 1.165) is 3.92 Å². The summed E-state index contributed by atoms with van der Waals surface area (Å²) in [7, 11) is 0. The molecule has 38 valence electrons. The molecule has 1 unspecified atom stereocenters. The molecule has 0 saturated heterocycles. The van der Waals surface area contributed by atoms with Crippen LogP contribution in [0.3, 0.4) is 0 Å². The van der Waals surface area contributed by atoms with Gasteiger partial charge < -0.3 is 0 Å². The standard InChI is InChI=1S/C4H8I2/c1-2-4(6)3-5/h4H,2-3H2,1H3. The van der Waals surface area contributed by atoms with Crippen molar-refractivity contribution in [3.63, 3.8) is 0 Å². The van der Waals surface area contributed by atoms with Crippen LogP contribution in [0.15, 0.2) is 0 Å². The second-order valence-electron chi connectivity index (χ2n) is 1.16. The van der Waals surface area contributed by atoms with Crippen molar-refractivity contribution in [1.29, 1.82) is 0 Å². The third kappa shape index (κ3) is 3.64. The van der Waals surface area contributed by atoms with Crippen LogP contribution in [0.2, 0.25) is 0 Å². The summed E-state index contributed by atoms with van der Waals surface area (Å²) in [4.78, 5) is 0. The summed E-state index contributed by atoms with van der Waals surface area (Å²) in [6.45, 7) is 2.22. The number of rotatable bonds is 2. The van der Waals surface area contributed by atoms with Crippen LogP contribution in [0.25, 0.3) is 0 Å². The average molecular weight is 310 g/mol. The fourth-order valence-corrected chi connectivity index (χ4v) is 0.732. The van der Waals surface area contributed by atoms with Gasteiger partial charge in [-0.1, -0.05) is 52.1 Å². The smallest absolute Gasteiger partial charge is 0.0197 e. The zero-order valence-electron chi connectivity index (χ0n) is 3.75. The van der Waals surface area contributed by atoms with Gasteiger partial charge in [0.15, 0.2) is 0 Å². The normalized spacial score (nSPS) is 14.5. The number of hydrogen-bond donors (Lipinski definition) is 0. The molecule has 2 heteroatoms. The van der Waals surface area contributed by atoms with E-state index >= 15 is 0 Å². The van der Waals surface area contributed by atoms with E-state index in [9.17, 15) is 0 Å². The topological polar surface area (TPSA) is 0 Å². The Morgan fingerprint density at radius 1 is 1.67 bits per heavy atom. The predicted molar refractivity (Wildman–Crippen MR) is 47.0 cm³/mol. The van der Waals surface area contributed by atoms with Gasteiger partial charge in [-0.25, -0.2) is 0 Å². The molecule has 0 N–H and O–H groups in total. The molecule has 0 radical (unpaired) electrons. The Bertz CT molecular complexity index is 24.7. The molecule has 0 aliphatic rings. The molecule has 0 amide bonds. The van der Waals surface area contributed by atoms with Crippen molar-refractivity contribution in [1.82, 2.24) is 0 Å². The molecule has 6 heavy (non-hydrogen) atoms. The Kier molecular flexibility index (Phi) is 5.74. The average Bonchev–Trinajstić information content (AvgIpc) is 1.65. The van der Waals surface area contributed by atoms with Crippen molar-refractivity contribution in [2.24, 2.45) is 0 Å². The van der Waals surface area contributed by atoms with E-state index in [-0.39, 0.29) is 0 Å². The SMILES string of the molecule is CCC(I)CI. The van der Waals surface area contributed by atoms with E-state index in [2.05, 4.69) is 52.1 Å². The van der Waals surface area contributed by atoms with Crippen molar-refractivity contribution in [2.45, 2.75) is 17.3 Å². The van der Waals surface area contributed by atoms with E-state index in [4.69, 9.17) is 0 Å². The summed E-state index contributed by atoms with van der Waals surface area (Å²) in [5.74, 6) is 0. The second kappa shape index (κ2) is 4.61. The lowest BCUT2D eigenvalue weighted by atomic mass is 10.4. The van der Waals surface area contributed by atoms with Gasteiger partial charge in [-0.15, -0.1) is 0 Å². The fraction of sp³-hybridized carbons (Fsp3) is 1.00. The van der Waals surface area contributed by atoms with Crippen LogP contribution in [0, 0.1) is 0 Å². The van der Waals surface area contributed by atoms with Crippen LogP contribution < -0.4 is 0 Å². The molecule has 0 aromatic heterocycles. The van der Waals surface area contributed by atoms with Gasteiger partial charge in [0.05, 0.1) is 0 Å². The lowest BCUT2D eigenvalue weighted by Crippen LogP contribution is -1.92. The van der Waals surface area contributed by atoms with Gasteiger partial charge in [0.1, 0.15) is 0 Å². The Morgan fingerprint density at radius 2 is 2.17 bits per heavy atom. The van der Waals surface area contributed by atoms with Gasteiger partial charge in [-0.05, 0) is 6.42 Å². The molecule has 0 rings (SSSR count). The summed E-state index contributed by atoms with van der Waals surface area (Å²) in [6.07, 6.45) is 1.31. The Balaban J connectivity index is 2.75. The molecule has 0 aromatic carbocycles. The molecule has 0 fully saturated rings. The molecule has 0 bridgehead atoms. The monoisotopic (exact) mass is 310 g/mol. The highest BCUT2D eigenvalue weighted by Gasteiger charge is 1.92. The van der Waals surface area contributed by atoms with Crippen LogP contribution in [-0.2, 0) is 0 Å². The van der Waals surface area contributed by atoms with E-state index < -0.39 is 0 Å². The fourth-order valence-electron chi connectivity index (χ4n) is 0.109. The molecule has 0 spiro atoms. The highest BCUT2D eigenvalue weighted by atomic mass is 127. The first-order chi connectivity index (χ1) is 2.81. The molecular weight excluding hydrogens is 302 g/mol. The largest absolute Gasteiger partial charge is 0.0852 e. The van der Waals surface area contributed by atoms with E-state index in [1.165, 1.54) is 10.8 Å². The maximum Gasteiger partial charge on any atom is 0.0197 e. The molecule has 0 aromatic rings. The number of halogens is 2. The minimum atomic E-state index is 0.892. The second-order valence-corrected chi connectivity index (χ2v) is 3.80. The van der Waals surface area contributed by atoms with Gasteiger partial charge in [-0.2, -0.15) is 0 Å². The van der Waals surface area contributed by atoms with Gasteiger partial charge >= 0.3 is 0 Å². The van der Waals surface area contributed by atoms with Crippen molar-refractivity contribution in [2.75, 3.05) is 4.43 Å². The molecule has 0 nitrogen and oxygen atoms in total. The molecule has 1 atom stereocenters. The van der Waals surface area contributed by atoms with Gasteiger partial charge in [-0.3, -0.25) is 0 Å². The summed E-state index contributed by atoms with van der Waals surface area (Å²) in [5, 5.41) is 0. The van der Waals surface area contributed by atoms with Crippen LogP contribution >= 0.6 is 45.2 Å². The molecule has 0 saturated carbocycles. The number of hydrogen-bond acceptors (Lipinski definition) is 0. The highest BCUT2D eigenvalue weighted by molar-refractivity contribution is 14.1. The lowest BCUT2D eigenvalue weighted by Gasteiger charge is -1.95. The minimum Gasteiger partial charge on any atom is -0.0852 e. The van der Waals surface area contributed by atoms with Crippen LogP contribution in [0.4, 0.5) is 0 Å². The van der Waals surface area contributed by atoms with Gasteiger partial charge in [0.2, 0.25) is 0 Å². The third-order valence-electron chi connectivity index (χ3n) is 0.610. The Hall–Kier alpha value is 1.46. The number of alkyl halides is 2. The van der Waals surface area contributed by atoms with E-state index in [0.29, 0.717) is 0 Å². The van der Waals surface area contributed by atoms with E-state index in [1.807, 2.05) is 0 Å². The Morgan fingerprint density at radius 3 is 2.17 bits per heavy atom. The van der Waals surface area contributed by atoms with Gasteiger partial charge in [0, 0.05) is 8.35 Å². The van der Waals surface area contributed by atoms with Gasteiger partial charge in [0.25, 0.3) is 0 Å². The molecule has 0 aliphatic heterocycles. The first-order valence-electron chi connectivity index (χ1n) is 2.01. The highest BCUT2D eigenvalue weighted by Crippen LogP contribution is 2.07. The predicted octanol–water partition coefficient (Wildman–Crippen LogP) is 2.64. The third-order valence-corrected chi connectivity index (χ3v) is 4.68. The van der Waals surface area contributed by atoms with Crippen molar-refractivity contribution < 1.29 is 0 Å². The maximum atomic E-state index is 2.46. The molecule has 0 aliphatic carbocycles. The van der Waals surface area contributed by atoms with Crippen LogP contribution in [-0.4, -0.2) is 8.35 Å². The Labute approximate surface area is 66.4 Å². The summed E-state index contributed by atoms with van der Waals surface area (Å²) < 4.78 is 2.18. The summed E-state index contributed by atoms with van der Waals surface area (Å²) in [6, 6.07) is 0. The maximum absolute atomic E-state index is 2.46. The zero-order valence-corrected chi connectivity index (χ0v) is 8.06.